The molecule has 1 atom stereocenters. The molecule has 0 saturated heterocycles. The Labute approximate surface area is 106 Å². The van der Waals surface area contributed by atoms with Crippen LogP contribution in [0.15, 0.2) is 0 Å². The summed E-state index contributed by atoms with van der Waals surface area (Å²) in [6, 6.07) is 2.40. The third-order valence-electron chi connectivity index (χ3n) is 3.48. The molecule has 0 radical (unpaired) electrons. The molecule has 0 aromatic carbocycles. The van der Waals surface area contributed by atoms with Gasteiger partial charge < -0.3 is 4.74 Å². The highest BCUT2D eigenvalue weighted by molar-refractivity contribution is 4.91. The first-order valence-corrected chi connectivity index (χ1v) is 6.70. The molecule has 0 spiro atoms. The Morgan fingerprint density at radius 3 is 2.41 bits per heavy atom. The van der Waals surface area contributed by atoms with Crippen LogP contribution < -0.4 is 5.32 Å². The largest absolute Gasteiger partial charge is 0.375 e. The molecule has 0 bridgehead atoms. The molecule has 0 aromatic rings. The third-order valence-corrected chi connectivity index (χ3v) is 3.48. The Bertz CT molecular complexity index is 258. The molecule has 0 aromatic heterocycles. The van der Waals surface area contributed by atoms with Crippen molar-refractivity contribution in [2.45, 2.75) is 71.6 Å². The summed E-state index contributed by atoms with van der Waals surface area (Å²) in [5.41, 5.74) is 0.477. The van der Waals surface area contributed by atoms with Gasteiger partial charge in [-0.25, -0.2) is 0 Å². The summed E-state index contributed by atoms with van der Waals surface area (Å²) in [4.78, 5) is 0. The van der Waals surface area contributed by atoms with E-state index >= 15 is 0 Å². The molecule has 1 saturated carbocycles. The van der Waals surface area contributed by atoms with Gasteiger partial charge in [-0.15, -0.1) is 0 Å². The lowest BCUT2D eigenvalue weighted by Crippen LogP contribution is -2.39. The lowest BCUT2D eigenvalue weighted by atomic mass is 9.76. The van der Waals surface area contributed by atoms with Crippen molar-refractivity contribution in [1.29, 1.82) is 5.26 Å². The van der Waals surface area contributed by atoms with Gasteiger partial charge in [-0.05, 0) is 44.9 Å². The van der Waals surface area contributed by atoms with Crippen LogP contribution in [0, 0.1) is 16.7 Å². The van der Waals surface area contributed by atoms with Gasteiger partial charge in [-0.2, -0.15) is 5.26 Å². The van der Waals surface area contributed by atoms with E-state index in [4.69, 9.17) is 10.00 Å². The number of nitriles is 1. The van der Waals surface area contributed by atoms with Crippen LogP contribution in [-0.2, 0) is 4.74 Å². The van der Waals surface area contributed by atoms with Crippen LogP contribution in [0.2, 0.25) is 0 Å². The first kappa shape index (κ1) is 14.5. The van der Waals surface area contributed by atoms with Crippen LogP contribution in [-0.4, -0.2) is 24.8 Å². The van der Waals surface area contributed by atoms with Gasteiger partial charge in [0.05, 0.1) is 18.8 Å². The number of ether oxygens (including phenoxy) is 1. The van der Waals surface area contributed by atoms with Crippen molar-refractivity contribution >= 4 is 0 Å². The predicted octanol–water partition coefficient (Wildman–Crippen LogP) is 2.86. The lowest BCUT2D eigenvalue weighted by molar-refractivity contribution is -0.000752. The first-order chi connectivity index (χ1) is 7.93. The molecule has 1 aliphatic rings. The van der Waals surface area contributed by atoms with E-state index in [1.807, 2.05) is 13.8 Å². The molecule has 0 heterocycles. The van der Waals surface area contributed by atoms with E-state index in [-0.39, 0.29) is 6.04 Å². The minimum atomic E-state index is -0.176. The minimum Gasteiger partial charge on any atom is -0.375 e. The zero-order valence-corrected chi connectivity index (χ0v) is 11.6. The zero-order chi connectivity index (χ0) is 12.9. The van der Waals surface area contributed by atoms with Crippen LogP contribution in [0.5, 0.6) is 0 Å². The molecular weight excluding hydrogens is 212 g/mol. The highest BCUT2D eigenvalue weighted by Crippen LogP contribution is 2.36. The van der Waals surface area contributed by atoms with Gasteiger partial charge >= 0.3 is 0 Å². The van der Waals surface area contributed by atoms with Gasteiger partial charge in [0.15, 0.2) is 0 Å². The number of nitrogens with one attached hydrogen (secondary N) is 1. The van der Waals surface area contributed by atoms with E-state index in [0.29, 0.717) is 24.2 Å². The Morgan fingerprint density at radius 1 is 1.35 bits per heavy atom. The van der Waals surface area contributed by atoms with Crippen molar-refractivity contribution < 1.29 is 4.74 Å². The highest BCUT2D eigenvalue weighted by Gasteiger charge is 2.27. The maximum absolute atomic E-state index is 8.99. The molecule has 1 unspecified atom stereocenters. The average Bonchev–Trinajstić information content (AvgIpc) is 2.25. The van der Waals surface area contributed by atoms with Crippen LogP contribution in [0.1, 0.15) is 53.4 Å². The smallest absolute Gasteiger partial charge is 0.119 e. The highest BCUT2D eigenvalue weighted by atomic mass is 16.5. The molecule has 1 aliphatic carbocycles. The van der Waals surface area contributed by atoms with Crippen LogP contribution in [0.4, 0.5) is 0 Å². The SMILES string of the molecule is CC(C)NC(C#N)COC1CCC(C)(C)CC1. The average molecular weight is 238 g/mol. The summed E-state index contributed by atoms with van der Waals surface area (Å²) in [6.45, 7) is 9.25. The maximum atomic E-state index is 8.99. The summed E-state index contributed by atoms with van der Waals surface area (Å²) in [6.07, 6.45) is 5.08. The monoisotopic (exact) mass is 238 g/mol. The van der Waals surface area contributed by atoms with Crippen LogP contribution in [0.3, 0.4) is 0 Å². The fourth-order valence-electron chi connectivity index (χ4n) is 2.30. The Kier molecular flexibility index (Phi) is 5.42. The van der Waals surface area contributed by atoms with Crippen molar-refractivity contribution in [2.24, 2.45) is 5.41 Å². The number of hydrogen-bond acceptors (Lipinski definition) is 3. The first-order valence-electron chi connectivity index (χ1n) is 6.70. The third kappa shape index (κ3) is 5.52. The van der Waals surface area contributed by atoms with Gasteiger partial charge in [-0.1, -0.05) is 13.8 Å². The second-order valence-electron chi connectivity index (χ2n) is 6.20. The van der Waals surface area contributed by atoms with Crippen LogP contribution >= 0.6 is 0 Å². The Hall–Kier alpha value is -0.590. The van der Waals surface area contributed by atoms with Gasteiger partial charge in [-0.3, -0.25) is 5.32 Å². The van der Waals surface area contributed by atoms with Gasteiger partial charge in [0.2, 0.25) is 0 Å². The standard InChI is InChI=1S/C14H26N2O/c1-11(2)16-12(9-15)10-17-13-5-7-14(3,4)8-6-13/h11-13,16H,5-8,10H2,1-4H3. The van der Waals surface area contributed by atoms with E-state index in [9.17, 15) is 0 Å². The topological polar surface area (TPSA) is 45.0 Å². The molecule has 1 fully saturated rings. The second-order valence-corrected chi connectivity index (χ2v) is 6.20. The zero-order valence-electron chi connectivity index (χ0n) is 11.6. The molecule has 1 N–H and O–H groups in total. The predicted molar refractivity (Wildman–Crippen MR) is 69.7 cm³/mol. The van der Waals surface area contributed by atoms with E-state index < -0.39 is 0 Å². The molecule has 0 amide bonds. The summed E-state index contributed by atoms with van der Waals surface area (Å²) in [5, 5.41) is 12.2. The van der Waals surface area contributed by atoms with Crippen molar-refractivity contribution in [3.05, 3.63) is 0 Å². The Balaban J connectivity index is 2.25. The summed E-state index contributed by atoms with van der Waals surface area (Å²) >= 11 is 0. The summed E-state index contributed by atoms with van der Waals surface area (Å²) in [5.74, 6) is 0. The molecular formula is C14H26N2O. The molecule has 0 aliphatic heterocycles. The summed E-state index contributed by atoms with van der Waals surface area (Å²) in [7, 11) is 0. The van der Waals surface area contributed by atoms with Crippen LogP contribution in [0.25, 0.3) is 0 Å². The van der Waals surface area contributed by atoms with E-state index in [1.54, 1.807) is 0 Å². The van der Waals surface area contributed by atoms with Gasteiger partial charge in [0.1, 0.15) is 6.04 Å². The minimum absolute atomic E-state index is 0.176. The maximum Gasteiger partial charge on any atom is 0.119 e. The second kappa shape index (κ2) is 6.37. The number of rotatable bonds is 5. The van der Waals surface area contributed by atoms with Gasteiger partial charge in [0.25, 0.3) is 0 Å². The fourth-order valence-corrected chi connectivity index (χ4v) is 2.30. The quantitative estimate of drug-likeness (QED) is 0.801. The van der Waals surface area contributed by atoms with E-state index in [2.05, 4.69) is 25.2 Å². The van der Waals surface area contributed by atoms with E-state index in [0.717, 1.165) is 12.8 Å². The molecule has 3 heteroatoms. The normalized spacial score (nSPS) is 22.4. The Morgan fingerprint density at radius 2 is 1.94 bits per heavy atom. The van der Waals surface area contributed by atoms with Gasteiger partial charge in [0, 0.05) is 6.04 Å². The number of hydrogen-bond donors (Lipinski definition) is 1. The molecule has 98 valence electrons. The van der Waals surface area contributed by atoms with Crippen molar-refractivity contribution in [3.8, 4) is 6.07 Å². The molecule has 3 nitrogen and oxygen atoms in total. The number of nitrogens with zero attached hydrogens (tertiary/aromatic N) is 1. The van der Waals surface area contributed by atoms with Crippen molar-refractivity contribution in [3.63, 3.8) is 0 Å². The van der Waals surface area contributed by atoms with Crippen molar-refractivity contribution in [1.82, 2.24) is 5.32 Å². The summed E-state index contributed by atoms with van der Waals surface area (Å²) < 4.78 is 5.85. The molecule has 1 rings (SSSR count). The fraction of sp³-hybridized carbons (Fsp3) is 0.929. The van der Waals surface area contributed by atoms with E-state index in [1.165, 1.54) is 12.8 Å². The molecule has 17 heavy (non-hydrogen) atoms. The van der Waals surface area contributed by atoms with Crippen molar-refractivity contribution in [2.75, 3.05) is 6.61 Å². The lowest BCUT2D eigenvalue weighted by Gasteiger charge is -2.34.